The molecule has 0 unspecified atom stereocenters. The summed E-state index contributed by atoms with van der Waals surface area (Å²) < 4.78 is 27.6. The molecule has 0 spiro atoms. The normalized spacial score (nSPS) is 14.8. The van der Waals surface area contributed by atoms with Crippen LogP contribution in [0.15, 0.2) is 41.3 Å². The first-order valence-electron chi connectivity index (χ1n) is 10.4. The van der Waals surface area contributed by atoms with Gasteiger partial charge in [0.2, 0.25) is 15.9 Å². The topological polar surface area (TPSA) is 95.6 Å². The lowest BCUT2D eigenvalue weighted by Crippen LogP contribution is -2.36. The predicted octanol–water partition coefficient (Wildman–Crippen LogP) is 3.15. The van der Waals surface area contributed by atoms with Gasteiger partial charge in [0, 0.05) is 24.3 Å². The molecular formula is C23H29N3O4S. The van der Waals surface area contributed by atoms with E-state index in [1.165, 1.54) is 10.4 Å². The average Bonchev–Trinajstić information content (AvgIpc) is 2.73. The number of sulfonamides is 1. The molecule has 0 aliphatic carbocycles. The molecule has 0 bridgehead atoms. The number of piperidine rings is 1. The zero-order valence-electron chi connectivity index (χ0n) is 18.2. The lowest BCUT2D eigenvalue weighted by atomic mass is 10.1. The van der Waals surface area contributed by atoms with E-state index in [1.54, 1.807) is 31.2 Å². The number of hydrogen-bond acceptors (Lipinski definition) is 4. The fourth-order valence-electron chi connectivity index (χ4n) is 3.77. The van der Waals surface area contributed by atoms with Gasteiger partial charge in [-0.05, 0) is 63.4 Å². The molecule has 1 aliphatic rings. The highest BCUT2D eigenvalue weighted by molar-refractivity contribution is 7.89. The van der Waals surface area contributed by atoms with Crippen molar-refractivity contribution in [2.75, 3.05) is 25.0 Å². The minimum Gasteiger partial charge on any atom is -0.343 e. The Balaban J connectivity index is 1.66. The highest BCUT2D eigenvalue weighted by atomic mass is 32.2. The number of nitrogens with one attached hydrogen (secondary N) is 2. The Kier molecular flexibility index (Phi) is 7.12. The van der Waals surface area contributed by atoms with Crippen LogP contribution in [0.3, 0.4) is 0 Å². The van der Waals surface area contributed by atoms with Gasteiger partial charge in [-0.2, -0.15) is 4.31 Å². The standard InChI is InChI=1S/C23H29N3O4S/c1-16-11-17(2)13-19(12-16)23(28)24-15-22(27)25-20-8-7-18(3)21(14-20)31(29,30)26-9-5-4-6-10-26/h7-8,11-14H,4-6,9-10,15H2,1-3H3,(H,24,28)(H,25,27). The van der Waals surface area contributed by atoms with E-state index in [-0.39, 0.29) is 17.3 Å². The summed E-state index contributed by atoms with van der Waals surface area (Å²) in [6.07, 6.45) is 2.75. The highest BCUT2D eigenvalue weighted by Gasteiger charge is 2.27. The molecule has 8 heteroatoms. The molecule has 166 valence electrons. The molecule has 0 atom stereocenters. The largest absolute Gasteiger partial charge is 0.343 e. The van der Waals surface area contributed by atoms with Crippen LogP contribution in [-0.2, 0) is 14.8 Å². The summed E-state index contributed by atoms with van der Waals surface area (Å²) in [5, 5.41) is 5.28. The fourth-order valence-corrected chi connectivity index (χ4v) is 5.54. The van der Waals surface area contributed by atoms with Gasteiger partial charge in [0.25, 0.3) is 5.91 Å². The van der Waals surface area contributed by atoms with Gasteiger partial charge in [-0.25, -0.2) is 8.42 Å². The van der Waals surface area contributed by atoms with Gasteiger partial charge in [0.15, 0.2) is 0 Å². The van der Waals surface area contributed by atoms with E-state index in [1.807, 2.05) is 19.9 Å². The van der Waals surface area contributed by atoms with Crippen LogP contribution >= 0.6 is 0 Å². The van der Waals surface area contributed by atoms with Crippen molar-refractivity contribution in [3.8, 4) is 0 Å². The van der Waals surface area contributed by atoms with Crippen LogP contribution in [-0.4, -0.2) is 44.2 Å². The number of benzene rings is 2. The van der Waals surface area contributed by atoms with E-state index in [9.17, 15) is 18.0 Å². The molecule has 2 aromatic carbocycles. The molecule has 1 aliphatic heterocycles. The smallest absolute Gasteiger partial charge is 0.251 e. The Hall–Kier alpha value is -2.71. The molecule has 7 nitrogen and oxygen atoms in total. The van der Waals surface area contributed by atoms with Crippen LogP contribution in [0.1, 0.15) is 46.3 Å². The lowest BCUT2D eigenvalue weighted by Gasteiger charge is -2.26. The van der Waals surface area contributed by atoms with Crippen molar-refractivity contribution in [2.24, 2.45) is 0 Å². The number of amides is 2. The molecule has 1 heterocycles. The number of aryl methyl sites for hydroxylation is 3. The van der Waals surface area contributed by atoms with Gasteiger partial charge in [0.1, 0.15) is 0 Å². The van der Waals surface area contributed by atoms with E-state index >= 15 is 0 Å². The van der Waals surface area contributed by atoms with Gasteiger partial charge < -0.3 is 10.6 Å². The third kappa shape index (κ3) is 5.71. The number of rotatable bonds is 6. The van der Waals surface area contributed by atoms with Crippen molar-refractivity contribution in [1.29, 1.82) is 0 Å². The van der Waals surface area contributed by atoms with E-state index in [0.29, 0.717) is 29.9 Å². The van der Waals surface area contributed by atoms with Gasteiger partial charge in [-0.3, -0.25) is 9.59 Å². The van der Waals surface area contributed by atoms with Gasteiger partial charge >= 0.3 is 0 Å². The van der Waals surface area contributed by atoms with Gasteiger partial charge in [0.05, 0.1) is 11.4 Å². The molecule has 3 rings (SSSR count). The van der Waals surface area contributed by atoms with Crippen LogP contribution in [0.25, 0.3) is 0 Å². The maximum Gasteiger partial charge on any atom is 0.251 e. The van der Waals surface area contributed by atoms with Crippen molar-refractivity contribution < 1.29 is 18.0 Å². The third-order valence-electron chi connectivity index (χ3n) is 5.30. The third-order valence-corrected chi connectivity index (χ3v) is 7.34. The van der Waals surface area contributed by atoms with Crippen molar-refractivity contribution in [2.45, 2.75) is 44.9 Å². The van der Waals surface area contributed by atoms with Crippen LogP contribution in [0, 0.1) is 20.8 Å². The van der Waals surface area contributed by atoms with Crippen molar-refractivity contribution in [1.82, 2.24) is 9.62 Å². The molecule has 0 aromatic heterocycles. The molecule has 0 radical (unpaired) electrons. The minimum absolute atomic E-state index is 0.200. The van der Waals surface area contributed by atoms with Crippen molar-refractivity contribution in [3.05, 3.63) is 58.7 Å². The van der Waals surface area contributed by atoms with Gasteiger partial charge in [-0.15, -0.1) is 0 Å². The second kappa shape index (κ2) is 9.62. The maximum absolute atomic E-state index is 13.0. The summed E-state index contributed by atoms with van der Waals surface area (Å²) in [5.41, 5.74) is 3.45. The molecule has 1 fully saturated rings. The quantitative estimate of drug-likeness (QED) is 0.717. The zero-order chi connectivity index (χ0) is 22.6. The van der Waals surface area contributed by atoms with Crippen LogP contribution in [0.2, 0.25) is 0 Å². The summed E-state index contributed by atoms with van der Waals surface area (Å²) in [6, 6.07) is 10.3. The van der Waals surface area contributed by atoms with Crippen LogP contribution < -0.4 is 10.6 Å². The Bertz CT molecular complexity index is 1070. The second-order valence-electron chi connectivity index (χ2n) is 8.05. The molecule has 31 heavy (non-hydrogen) atoms. The van der Waals surface area contributed by atoms with Crippen molar-refractivity contribution in [3.63, 3.8) is 0 Å². The molecule has 1 saturated heterocycles. The first-order chi connectivity index (χ1) is 14.7. The molecule has 2 N–H and O–H groups in total. The van der Waals surface area contributed by atoms with Gasteiger partial charge in [-0.1, -0.05) is 29.7 Å². The first kappa shape index (κ1) is 23.0. The number of carbonyl (C=O) groups is 2. The zero-order valence-corrected chi connectivity index (χ0v) is 19.0. The summed E-state index contributed by atoms with van der Waals surface area (Å²) in [5.74, 6) is -0.762. The highest BCUT2D eigenvalue weighted by Crippen LogP contribution is 2.26. The number of carbonyl (C=O) groups excluding carboxylic acids is 2. The van der Waals surface area contributed by atoms with E-state index in [0.717, 1.165) is 30.4 Å². The van der Waals surface area contributed by atoms with E-state index < -0.39 is 15.9 Å². The predicted molar refractivity (Wildman–Crippen MR) is 121 cm³/mol. The summed E-state index contributed by atoms with van der Waals surface area (Å²) in [4.78, 5) is 24.9. The Morgan fingerprint density at radius 3 is 2.23 bits per heavy atom. The van der Waals surface area contributed by atoms with E-state index in [2.05, 4.69) is 10.6 Å². The number of hydrogen-bond donors (Lipinski definition) is 2. The number of nitrogens with zero attached hydrogens (tertiary/aromatic N) is 1. The molecule has 2 amide bonds. The summed E-state index contributed by atoms with van der Waals surface area (Å²) >= 11 is 0. The Morgan fingerprint density at radius 1 is 0.935 bits per heavy atom. The Labute approximate surface area is 183 Å². The average molecular weight is 444 g/mol. The van der Waals surface area contributed by atoms with Crippen LogP contribution in [0.5, 0.6) is 0 Å². The summed E-state index contributed by atoms with van der Waals surface area (Å²) in [6.45, 7) is 6.37. The Morgan fingerprint density at radius 2 is 1.58 bits per heavy atom. The molecular weight excluding hydrogens is 414 g/mol. The minimum atomic E-state index is -3.61. The SMILES string of the molecule is Cc1cc(C)cc(C(=O)NCC(=O)Nc2ccc(C)c(S(=O)(=O)N3CCCCC3)c2)c1. The molecule has 0 saturated carbocycles. The van der Waals surface area contributed by atoms with Crippen LogP contribution in [0.4, 0.5) is 5.69 Å². The number of anilines is 1. The van der Waals surface area contributed by atoms with E-state index in [4.69, 9.17) is 0 Å². The maximum atomic E-state index is 13.0. The van der Waals surface area contributed by atoms with Crippen molar-refractivity contribution >= 4 is 27.5 Å². The fraction of sp³-hybridized carbons (Fsp3) is 0.391. The lowest BCUT2D eigenvalue weighted by molar-refractivity contribution is -0.115. The monoisotopic (exact) mass is 443 g/mol. The second-order valence-corrected chi connectivity index (χ2v) is 9.96. The molecule has 2 aromatic rings. The summed E-state index contributed by atoms with van der Waals surface area (Å²) in [7, 11) is -3.61. The first-order valence-corrected chi connectivity index (χ1v) is 11.9.